The van der Waals surface area contributed by atoms with Gasteiger partial charge in [-0.25, -0.2) is 0 Å². The van der Waals surface area contributed by atoms with Crippen molar-refractivity contribution in [2.45, 2.75) is 18.6 Å². The molecule has 128 valence electrons. The van der Waals surface area contributed by atoms with Crippen molar-refractivity contribution in [2.75, 3.05) is 11.1 Å². The number of allylic oxidation sites excluding steroid dienone is 1. The zero-order chi connectivity index (χ0) is 17.6. The highest BCUT2D eigenvalue weighted by Crippen LogP contribution is 2.23. The normalized spacial score (nSPS) is 10.6. The molecule has 0 radical (unpaired) electrons. The first-order valence-electron chi connectivity index (χ1n) is 7.48. The molecule has 0 aliphatic heterocycles. The third kappa shape index (κ3) is 4.13. The summed E-state index contributed by atoms with van der Waals surface area (Å²) in [4.78, 5) is 16.0. The predicted octanol–water partition coefficient (Wildman–Crippen LogP) is 2.55. The van der Waals surface area contributed by atoms with Crippen LogP contribution in [0, 0.1) is 6.92 Å². The summed E-state index contributed by atoms with van der Waals surface area (Å²) >= 11 is 1.29. The van der Waals surface area contributed by atoms with E-state index in [1.54, 1.807) is 31.5 Å². The van der Waals surface area contributed by atoms with E-state index in [1.807, 2.05) is 16.7 Å². The summed E-state index contributed by atoms with van der Waals surface area (Å²) in [7, 11) is 0. The Kier molecular flexibility index (Phi) is 5.24. The zero-order valence-corrected chi connectivity index (χ0v) is 14.4. The number of nitrogens with one attached hydrogen (secondary N) is 1. The molecule has 0 aromatic carbocycles. The Morgan fingerprint density at radius 1 is 1.40 bits per heavy atom. The summed E-state index contributed by atoms with van der Waals surface area (Å²) in [5, 5.41) is 15.5. The van der Waals surface area contributed by atoms with E-state index in [0.29, 0.717) is 29.1 Å². The van der Waals surface area contributed by atoms with Gasteiger partial charge < -0.3 is 9.84 Å². The molecular weight excluding hydrogens is 340 g/mol. The number of carbonyl (C=O) groups is 1. The largest absolute Gasteiger partial charge is 0.360 e. The molecule has 0 bridgehead atoms. The van der Waals surface area contributed by atoms with E-state index < -0.39 is 0 Å². The third-order valence-electron chi connectivity index (χ3n) is 3.19. The van der Waals surface area contributed by atoms with Crippen LogP contribution in [0.4, 0.5) is 5.82 Å². The number of aromatic nitrogens is 5. The Balaban J connectivity index is 1.70. The van der Waals surface area contributed by atoms with Gasteiger partial charge in [-0.1, -0.05) is 23.0 Å². The van der Waals surface area contributed by atoms with Crippen molar-refractivity contribution < 1.29 is 9.32 Å². The van der Waals surface area contributed by atoms with Gasteiger partial charge in [-0.3, -0.25) is 14.3 Å². The van der Waals surface area contributed by atoms with Crippen LogP contribution in [0.2, 0.25) is 0 Å². The smallest absolute Gasteiger partial charge is 0.236 e. The number of anilines is 1. The quantitative estimate of drug-likeness (QED) is 0.513. The minimum Gasteiger partial charge on any atom is -0.360 e. The van der Waals surface area contributed by atoms with Crippen molar-refractivity contribution in [3.8, 4) is 11.4 Å². The lowest BCUT2D eigenvalue weighted by molar-refractivity contribution is -0.113. The molecule has 1 N–H and O–H groups in total. The Bertz CT molecular complexity index is 874. The van der Waals surface area contributed by atoms with Gasteiger partial charge in [0.2, 0.25) is 5.91 Å². The molecule has 3 rings (SSSR count). The number of carbonyl (C=O) groups excluding carboxylic acids is 1. The number of hydrogen-bond acceptors (Lipinski definition) is 7. The minimum absolute atomic E-state index is 0.178. The van der Waals surface area contributed by atoms with E-state index in [0.717, 1.165) is 5.56 Å². The van der Waals surface area contributed by atoms with Crippen LogP contribution < -0.4 is 5.32 Å². The van der Waals surface area contributed by atoms with Crippen molar-refractivity contribution in [1.29, 1.82) is 0 Å². The molecule has 0 spiro atoms. The lowest BCUT2D eigenvalue weighted by Gasteiger charge is -2.07. The van der Waals surface area contributed by atoms with E-state index in [4.69, 9.17) is 4.52 Å². The highest BCUT2D eigenvalue weighted by Gasteiger charge is 2.15. The first-order valence-corrected chi connectivity index (χ1v) is 8.46. The average molecular weight is 356 g/mol. The topological polar surface area (TPSA) is 98.7 Å². The van der Waals surface area contributed by atoms with Crippen LogP contribution in [0.3, 0.4) is 0 Å². The Morgan fingerprint density at radius 2 is 2.20 bits per heavy atom. The molecule has 1 amide bonds. The molecule has 3 aromatic heterocycles. The van der Waals surface area contributed by atoms with Gasteiger partial charge in [0.05, 0.1) is 5.75 Å². The summed E-state index contributed by atoms with van der Waals surface area (Å²) in [5.41, 5.74) is 0.902. The van der Waals surface area contributed by atoms with Gasteiger partial charge >= 0.3 is 0 Å². The van der Waals surface area contributed by atoms with Crippen LogP contribution in [-0.2, 0) is 11.3 Å². The molecule has 0 aliphatic carbocycles. The summed E-state index contributed by atoms with van der Waals surface area (Å²) in [6.45, 7) is 6.07. The fourth-order valence-electron chi connectivity index (χ4n) is 2.14. The average Bonchev–Trinajstić information content (AvgIpc) is 3.20. The molecular formula is C16H16N6O2S. The Hall–Kier alpha value is -2.94. The highest BCUT2D eigenvalue weighted by molar-refractivity contribution is 7.99. The van der Waals surface area contributed by atoms with E-state index in [-0.39, 0.29) is 11.7 Å². The summed E-state index contributed by atoms with van der Waals surface area (Å²) < 4.78 is 6.82. The number of thioether (sulfide) groups is 1. The highest BCUT2D eigenvalue weighted by atomic mass is 32.2. The zero-order valence-electron chi connectivity index (χ0n) is 13.5. The number of pyridine rings is 1. The fraction of sp³-hybridized carbons (Fsp3) is 0.188. The molecule has 8 nitrogen and oxygen atoms in total. The lowest BCUT2D eigenvalue weighted by Crippen LogP contribution is -2.14. The maximum Gasteiger partial charge on any atom is 0.236 e. The Labute approximate surface area is 148 Å². The molecule has 3 heterocycles. The van der Waals surface area contributed by atoms with Gasteiger partial charge in [0.1, 0.15) is 5.76 Å². The van der Waals surface area contributed by atoms with Crippen molar-refractivity contribution in [1.82, 2.24) is 24.9 Å². The fourth-order valence-corrected chi connectivity index (χ4v) is 2.89. The van der Waals surface area contributed by atoms with Gasteiger partial charge in [0.15, 0.2) is 16.8 Å². The van der Waals surface area contributed by atoms with Crippen LogP contribution in [0.1, 0.15) is 5.76 Å². The second-order valence-electron chi connectivity index (χ2n) is 5.10. The van der Waals surface area contributed by atoms with Crippen molar-refractivity contribution in [2.24, 2.45) is 0 Å². The molecule has 25 heavy (non-hydrogen) atoms. The van der Waals surface area contributed by atoms with Crippen LogP contribution in [-0.4, -0.2) is 36.6 Å². The summed E-state index contributed by atoms with van der Waals surface area (Å²) in [6, 6.07) is 5.37. The van der Waals surface area contributed by atoms with Crippen molar-refractivity contribution in [3.63, 3.8) is 0 Å². The second-order valence-corrected chi connectivity index (χ2v) is 6.04. The van der Waals surface area contributed by atoms with Gasteiger partial charge in [0, 0.05) is 30.6 Å². The van der Waals surface area contributed by atoms with E-state index in [2.05, 4.69) is 32.2 Å². The number of amides is 1. The summed E-state index contributed by atoms with van der Waals surface area (Å²) in [5.74, 6) is 1.72. The minimum atomic E-state index is -0.197. The van der Waals surface area contributed by atoms with Crippen LogP contribution in [0.25, 0.3) is 11.4 Å². The van der Waals surface area contributed by atoms with E-state index >= 15 is 0 Å². The SMILES string of the molecule is C=CCn1c(SCC(=O)Nc2cc(C)on2)nnc1-c1ccncc1. The molecule has 3 aromatic rings. The molecule has 0 unspecified atom stereocenters. The summed E-state index contributed by atoms with van der Waals surface area (Å²) in [6.07, 6.45) is 5.15. The molecule has 0 aliphatic rings. The van der Waals surface area contributed by atoms with Gasteiger partial charge in [-0.15, -0.1) is 16.8 Å². The van der Waals surface area contributed by atoms with E-state index in [9.17, 15) is 4.79 Å². The maximum atomic E-state index is 12.0. The Morgan fingerprint density at radius 3 is 2.88 bits per heavy atom. The lowest BCUT2D eigenvalue weighted by atomic mass is 10.2. The molecule has 0 saturated carbocycles. The number of rotatable bonds is 7. The molecule has 0 saturated heterocycles. The standard InChI is InChI=1S/C16H16N6O2S/c1-3-8-22-15(12-4-6-17-7-5-12)19-20-16(22)25-10-14(23)18-13-9-11(2)24-21-13/h3-7,9H,1,8,10H2,2H3,(H,18,21,23). The predicted molar refractivity (Wildman–Crippen MR) is 94.0 cm³/mol. The van der Waals surface area contributed by atoms with Crippen molar-refractivity contribution in [3.05, 3.63) is 49.0 Å². The number of nitrogens with zero attached hydrogens (tertiary/aromatic N) is 5. The second kappa shape index (κ2) is 7.75. The first kappa shape index (κ1) is 16.9. The first-order chi connectivity index (χ1) is 12.2. The van der Waals surface area contributed by atoms with Crippen LogP contribution >= 0.6 is 11.8 Å². The molecule has 0 fully saturated rings. The molecule has 0 atom stereocenters. The van der Waals surface area contributed by atoms with Crippen LogP contribution in [0.5, 0.6) is 0 Å². The number of hydrogen-bond donors (Lipinski definition) is 1. The maximum absolute atomic E-state index is 12.0. The van der Waals surface area contributed by atoms with Gasteiger partial charge in [-0.2, -0.15) is 0 Å². The molecule has 9 heteroatoms. The van der Waals surface area contributed by atoms with Gasteiger partial charge in [-0.05, 0) is 19.1 Å². The third-order valence-corrected chi connectivity index (χ3v) is 4.16. The monoisotopic (exact) mass is 356 g/mol. The number of aryl methyl sites for hydroxylation is 1. The van der Waals surface area contributed by atoms with Crippen molar-refractivity contribution >= 4 is 23.5 Å². The van der Waals surface area contributed by atoms with Gasteiger partial charge in [0.25, 0.3) is 0 Å². The van der Waals surface area contributed by atoms with Crippen LogP contribution in [0.15, 0.2) is 52.9 Å². The van der Waals surface area contributed by atoms with E-state index in [1.165, 1.54) is 11.8 Å².